The second-order valence-corrected chi connectivity index (χ2v) is 7.79. The summed E-state index contributed by atoms with van der Waals surface area (Å²) in [5.41, 5.74) is 4.69. The molecule has 0 saturated carbocycles. The summed E-state index contributed by atoms with van der Waals surface area (Å²) < 4.78 is 1.82. The topological polar surface area (TPSA) is 81.3 Å². The minimum Gasteiger partial charge on any atom is -0.337 e. The van der Waals surface area contributed by atoms with Crippen LogP contribution in [0.2, 0.25) is 5.02 Å². The Bertz CT molecular complexity index is 1110. The molecule has 0 unspecified atom stereocenters. The molecule has 0 aliphatic rings. The number of rotatable bonds is 6. The lowest BCUT2D eigenvalue weighted by atomic mass is 10.1. The van der Waals surface area contributed by atoms with Gasteiger partial charge in [0.15, 0.2) is 0 Å². The fraction of sp³-hybridized carbons (Fsp3) is 0.273. The zero-order chi connectivity index (χ0) is 22.0. The van der Waals surface area contributed by atoms with Gasteiger partial charge in [0.2, 0.25) is 0 Å². The number of hydrogen-bond donors (Lipinski definition) is 0. The quantitative estimate of drug-likeness (QED) is 0.423. The fourth-order valence-electron chi connectivity index (χ4n) is 3.34. The Morgan fingerprint density at radius 3 is 2.47 bits per heavy atom. The van der Waals surface area contributed by atoms with Crippen molar-refractivity contribution in [1.29, 1.82) is 0 Å². The van der Waals surface area contributed by atoms with E-state index in [2.05, 4.69) is 5.10 Å². The molecule has 2 aromatic carbocycles. The molecule has 3 aromatic rings. The number of nitro groups is 1. The van der Waals surface area contributed by atoms with E-state index in [9.17, 15) is 14.9 Å². The number of aromatic nitrogens is 2. The third-order valence-electron chi connectivity index (χ3n) is 5.04. The predicted molar refractivity (Wildman–Crippen MR) is 116 cm³/mol. The van der Waals surface area contributed by atoms with Crippen LogP contribution in [-0.2, 0) is 13.1 Å². The average molecular weight is 427 g/mol. The van der Waals surface area contributed by atoms with Gasteiger partial charge in [-0.05, 0) is 38.0 Å². The van der Waals surface area contributed by atoms with E-state index < -0.39 is 4.92 Å². The predicted octanol–water partition coefficient (Wildman–Crippen LogP) is 4.69. The Labute approximate surface area is 180 Å². The van der Waals surface area contributed by atoms with E-state index in [1.807, 2.05) is 42.8 Å². The van der Waals surface area contributed by atoms with E-state index in [-0.39, 0.29) is 18.1 Å². The van der Waals surface area contributed by atoms with Gasteiger partial charge in [-0.25, -0.2) is 0 Å². The highest BCUT2D eigenvalue weighted by atomic mass is 35.5. The number of non-ortho nitro benzene ring substituents is 1. The molecule has 0 fully saturated rings. The Hall–Kier alpha value is -3.19. The molecular formula is C22H23ClN4O3. The molecule has 0 atom stereocenters. The summed E-state index contributed by atoms with van der Waals surface area (Å²) in [6, 6.07) is 12.4. The summed E-state index contributed by atoms with van der Waals surface area (Å²) in [5, 5.41) is 16.0. The van der Waals surface area contributed by atoms with Crippen molar-refractivity contribution >= 4 is 23.2 Å². The van der Waals surface area contributed by atoms with Gasteiger partial charge in [-0.15, -0.1) is 0 Å². The Balaban J connectivity index is 1.83. The average Bonchev–Trinajstić information content (AvgIpc) is 2.97. The van der Waals surface area contributed by atoms with Gasteiger partial charge in [-0.2, -0.15) is 5.10 Å². The standard InChI is InChI=1S/C22H23ClN4O3/c1-14-5-7-17(8-6-14)12-26-16(3)21(15(2)24-26)22(28)25(4)13-18-11-19(27(29)30)9-10-20(18)23/h5-11H,12-13H2,1-4H3. The number of carbonyl (C=O) groups excluding carboxylic acids is 1. The number of hydrogen-bond acceptors (Lipinski definition) is 4. The largest absolute Gasteiger partial charge is 0.337 e. The van der Waals surface area contributed by atoms with Crippen molar-refractivity contribution < 1.29 is 9.72 Å². The Kier molecular flexibility index (Phi) is 6.22. The normalized spacial score (nSPS) is 10.8. The maximum atomic E-state index is 13.1. The van der Waals surface area contributed by atoms with Gasteiger partial charge in [-0.1, -0.05) is 41.4 Å². The van der Waals surface area contributed by atoms with Gasteiger partial charge in [0, 0.05) is 36.4 Å². The van der Waals surface area contributed by atoms with E-state index in [0.29, 0.717) is 28.4 Å². The number of carbonyl (C=O) groups is 1. The number of aryl methyl sites for hydroxylation is 2. The van der Waals surface area contributed by atoms with Crippen LogP contribution in [0.5, 0.6) is 0 Å². The maximum Gasteiger partial charge on any atom is 0.269 e. The molecule has 3 rings (SSSR count). The highest BCUT2D eigenvalue weighted by Crippen LogP contribution is 2.24. The number of nitro benzene ring substituents is 1. The first-order chi connectivity index (χ1) is 14.2. The summed E-state index contributed by atoms with van der Waals surface area (Å²) in [5.74, 6) is -0.206. The molecule has 1 heterocycles. The van der Waals surface area contributed by atoms with Gasteiger partial charge in [0.05, 0.1) is 22.7 Å². The third kappa shape index (κ3) is 4.52. The van der Waals surface area contributed by atoms with Crippen LogP contribution in [0, 0.1) is 30.9 Å². The van der Waals surface area contributed by atoms with Crippen molar-refractivity contribution in [3.05, 3.63) is 91.2 Å². The lowest BCUT2D eigenvalue weighted by Crippen LogP contribution is -2.27. The second kappa shape index (κ2) is 8.67. The SMILES string of the molecule is Cc1ccc(Cn2nc(C)c(C(=O)N(C)Cc3cc([N+](=O)[O-])ccc3Cl)c2C)cc1. The molecule has 0 bridgehead atoms. The first-order valence-electron chi connectivity index (χ1n) is 9.45. The number of amides is 1. The molecule has 0 N–H and O–H groups in total. The van der Waals surface area contributed by atoms with Crippen LogP contribution in [0.15, 0.2) is 42.5 Å². The molecule has 8 heteroatoms. The first-order valence-corrected chi connectivity index (χ1v) is 9.83. The molecule has 156 valence electrons. The molecule has 1 amide bonds. The molecule has 30 heavy (non-hydrogen) atoms. The van der Waals surface area contributed by atoms with E-state index in [1.54, 1.807) is 14.0 Å². The van der Waals surface area contributed by atoms with Gasteiger partial charge < -0.3 is 4.90 Å². The van der Waals surface area contributed by atoms with Crippen LogP contribution < -0.4 is 0 Å². The monoisotopic (exact) mass is 426 g/mol. The summed E-state index contributed by atoms with van der Waals surface area (Å²) in [6.45, 7) is 6.44. The molecule has 0 aliphatic carbocycles. The van der Waals surface area contributed by atoms with Crippen LogP contribution >= 0.6 is 11.6 Å². The van der Waals surface area contributed by atoms with E-state index in [0.717, 1.165) is 11.3 Å². The Morgan fingerprint density at radius 1 is 1.17 bits per heavy atom. The van der Waals surface area contributed by atoms with E-state index in [4.69, 9.17) is 11.6 Å². The van der Waals surface area contributed by atoms with Crippen molar-refractivity contribution in [2.24, 2.45) is 0 Å². The summed E-state index contributed by atoms with van der Waals surface area (Å²) in [6.07, 6.45) is 0. The van der Waals surface area contributed by atoms with Gasteiger partial charge in [0.25, 0.3) is 11.6 Å². The third-order valence-corrected chi connectivity index (χ3v) is 5.41. The van der Waals surface area contributed by atoms with E-state index in [1.165, 1.54) is 28.7 Å². The lowest BCUT2D eigenvalue weighted by Gasteiger charge is -2.18. The van der Waals surface area contributed by atoms with Crippen LogP contribution in [-0.4, -0.2) is 32.6 Å². The zero-order valence-electron chi connectivity index (χ0n) is 17.3. The molecule has 0 saturated heterocycles. The molecule has 0 radical (unpaired) electrons. The molecule has 7 nitrogen and oxygen atoms in total. The second-order valence-electron chi connectivity index (χ2n) is 7.38. The maximum absolute atomic E-state index is 13.1. The van der Waals surface area contributed by atoms with Crippen LogP contribution in [0.25, 0.3) is 0 Å². The van der Waals surface area contributed by atoms with Crippen molar-refractivity contribution in [1.82, 2.24) is 14.7 Å². The zero-order valence-corrected chi connectivity index (χ0v) is 18.1. The van der Waals surface area contributed by atoms with Crippen molar-refractivity contribution in [3.8, 4) is 0 Å². The van der Waals surface area contributed by atoms with E-state index >= 15 is 0 Å². The lowest BCUT2D eigenvalue weighted by molar-refractivity contribution is -0.384. The molecular weight excluding hydrogens is 404 g/mol. The van der Waals surface area contributed by atoms with Crippen molar-refractivity contribution in [3.63, 3.8) is 0 Å². The van der Waals surface area contributed by atoms with Gasteiger partial charge in [0.1, 0.15) is 0 Å². The van der Waals surface area contributed by atoms with Crippen molar-refractivity contribution in [2.75, 3.05) is 7.05 Å². The smallest absolute Gasteiger partial charge is 0.269 e. The van der Waals surface area contributed by atoms with Crippen molar-refractivity contribution in [2.45, 2.75) is 33.9 Å². The Morgan fingerprint density at radius 2 is 1.83 bits per heavy atom. The summed E-state index contributed by atoms with van der Waals surface area (Å²) in [7, 11) is 1.65. The van der Waals surface area contributed by atoms with Crippen LogP contribution in [0.4, 0.5) is 5.69 Å². The minimum atomic E-state index is -0.481. The first kappa shape index (κ1) is 21.5. The molecule has 0 spiro atoms. The molecule has 1 aromatic heterocycles. The van der Waals surface area contributed by atoms with Gasteiger partial charge in [-0.3, -0.25) is 19.6 Å². The minimum absolute atomic E-state index is 0.0615. The highest BCUT2D eigenvalue weighted by Gasteiger charge is 2.23. The van der Waals surface area contributed by atoms with Gasteiger partial charge >= 0.3 is 0 Å². The number of halogens is 1. The highest BCUT2D eigenvalue weighted by molar-refractivity contribution is 6.31. The summed E-state index contributed by atoms with van der Waals surface area (Å²) in [4.78, 5) is 25.2. The fourth-order valence-corrected chi connectivity index (χ4v) is 3.52. The summed E-state index contributed by atoms with van der Waals surface area (Å²) >= 11 is 6.19. The number of benzene rings is 2. The number of nitrogens with zero attached hydrogens (tertiary/aromatic N) is 4. The van der Waals surface area contributed by atoms with Crippen LogP contribution in [0.1, 0.15) is 38.4 Å². The van der Waals surface area contributed by atoms with Crippen LogP contribution in [0.3, 0.4) is 0 Å². The molecule has 0 aliphatic heterocycles.